The number of ether oxygens (including phenoxy) is 1. The summed E-state index contributed by atoms with van der Waals surface area (Å²) in [5.74, 6) is 1.34. The molecule has 0 aliphatic carbocycles. The van der Waals surface area contributed by atoms with E-state index in [1.807, 2.05) is 12.3 Å². The highest BCUT2D eigenvalue weighted by Gasteiger charge is 2.17. The molecule has 112 valence electrons. The first-order valence-corrected chi connectivity index (χ1v) is 8.00. The Morgan fingerprint density at radius 3 is 3.20 bits per heavy atom. The summed E-state index contributed by atoms with van der Waals surface area (Å²) in [6.45, 7) is 6.83. The number of hydrogen-bond donors (Lipinski definition) is 1. The number of methoxy groups -OCH3 is 1. The molecule has 1 aliphatic rings. The van der Waals surface area contributed by atoms with Crippen LogP contribution in [0.3, 0.4) is 0 Å². The predicted octanol–water partition coefficient (Wildman–Crippen LogP) is 2.40. The van der Waals surface area contributed by atoms with E-state index in [0.29, 0.717) is 18.4 Å². The van der Waals surface area contributed by atoms with Crippen LogP contribution in [0.25, 0.3) is 0 Å². The molecule has 0 spiro atoms. The second-order valence-corrected chi connectivity index (χ2v) is 6.31. The Bertz CT molecular complexity index is 460. The molecule has 2 heterocycles. The van der Waals surface area contributed by atoms with Crippen LogP contribution in [-0.2, 0) is 11.3 Å². The number of hydrogen-bond acceptors (Lipinski definition) is 4. The molecular formula is C14H24N4OS. The number of aliphatic imine (C=N–C) groups is 1. The molecule has 2 atom stereocenters. The Balaban J connectivity index is 1.92. The number of guanidine groups is 1. The van der Waals surface area contributed by atoms with Crippen molar-refractivity contribution in [2.24, 2.45) is 16.6 Å². The van der Waals surface area contributed by atoms with Crippen molar-refractivity contribution in [1.82, 2.24) is 9.88 Å². The molecule has 1 fully saturated rings. The monoisotopic (exact) mass is 296 g/mol. The number of rotatable bonds is 4. The molecule has 2 rings (SSSR count). The molecule has 6 heteroatoms. The molecule has 1 saturated heterocycles. The number of aromatic nitrogens is 1. The smallest absolute Gasteiger partial charge is 0.191 e. The van der Waals surface area contributed by atoms with Crippen molar-refractivity contribution in [3.8, 4) is 0 Å². The molecule has 1 aliphatic heterocycles. The van der Waals surface area contributed by atoms with Gasteiger partial charge in [-0.3, -0.25) is 0 Å². The van der Waals surface area contributed by atoms with E-state index in [-0.39, 0.29) is 6.10 Å². The SMILES string of the molecule is COC(C)c1nc(CN=C(N)N2CCCC(C)C2)cs1. The Morgan fingerprint density at radius 1 is 1.70 bits per heavy atom. The van der Waals surface area contributed by atoms with Crippen molar-refractivity contribution in [3.63, 3.8) is 0 Å². The van der Waals surface area contributed by atoms with Crippen LogP contribution in [-0.4, -0.2) is 36.0 Å². The van der Waals surface area contributed by atoms with E-state index in [9.17, 15) is 0 Å². The van der Waals surface area contributed by atoms with Crippen molar-refractivity contribution in [2.75, 3.05) is 20.2 Å². The van der Waals surface area contributed by atoms with Crippen LogP contribution >= 0.6 is 11.3 Å². The van der Waals surface area contributed by atoms with E-state index in [2.05, 4.69) is 21.8 Å². The minimum absolute atomic E-state index is 0.0398. The number of thiazole rings is 1. The van der Waals surface area contributed by atoms with Crippen molar-refractivity contribution < 1.29 is 4.74 Å². The van der Waals surface area contributed by atoms with Gasteiger partial charge in [-0.1, -0.05) is 6.92 Å². The minimum atomic E-state index is 0.0398. The topological polar surface area (TPSA) is 63.7 Å². The highest BCUT2D eigenvalue weighted by molar-refractivity contribution is 7.09. The summed E-state index contributed by atoms with van der Waals surface area (Å²) in [5, 5.41) is 3.02. The fourth-order valence-corrected chi connectivity index (χ4v) is 3.18. The molecule has 1 aromatic rings. The van der Waals surface area contributed by atoms with Crippen LogP contribution in [0.4, 0.5) is 0 Å². The van der Waals surface area contributed by atoms with Crippen molar-refractivity contribution >= 4 is 17.3 Å². The maximum Gasteiger partial charge on any atom is 0.191 e. The largest absolute Gasteiger partial charge is 0.375 e. The van der Waals surface area contributed by atoms with Crippen molar-refractivity contribution in [3.05, 3.63) is 16.1 Å². The summed E-state index contributed by atoms with van der Waals surface area (Å²) in [6.07, 6.45) is 2.52. The molecule has 0 saturated carbocycles. The third-order valence-corrected chi connectivity index (χ3v) is 4.71. The summed E-state index contributed by atoms with van der Waals surface area (Å²) >= 11 is 1.61. The quantitative estimate of drug-likeness (QED) is 0.684. The molecule has 2 unspecified atom stereocenters. The second-order valence-electron chi connectivity index (χ2n) is 5.42. The lowest BCUT2D eigenvalue weighted by molar-refractivity contribution is 0.119. The molecule has 1 aromatic heterocycles. The fourth-order valence-electron chi connectivity index (χ4n) is 2.34. The van der Waals surface area contributed by atoms with Crippen LogP contribution in [0.15, 0.2) is 10.4 Å². The van der Waals surface area contributed by atoms with E-state index in [1.165, 1.54) is 12.8 Å². The second kappa shape index (κ2) is 7.04. The zero-order valence-electron chi connectivity index (χ0n) is 12.5. The molecule has 20 heavy (non-hydrogen) atoms. The third-order valence-electron chi connectivity index (χ3n) is 3.65. The first kappa shape index (κ1) is 15.3. The van der Waals surface area contributed by atoms with Crippen molar-refractivity contribution in [1.29, 1.82) is 0 Å². The van der Waals surface area contributed by atoms with Gasteiger partial charge in [0.15, 0.2) is 5.96 Å². The van der Waals surface area contributed by atoms with Gasteiger partial charge in [0.05, 0.1) is 12.2 Å². The summed E-state index contributed by atoms with van der Waals surface area (Å²) in [5.41, 5.74) is 7.04. The molecule has 0 aromatic carbocycles. The standard InChI is InChI=1S/C14H24N4OS/c1-10-5-4-6-18(8-10)14(15)16-7-12-9-20-13(17-12)11(2)19-3/h9-11H,4-8H2,1-3H3,(H2,15,16). The lowest BCUT2D eigenvalue weighted by atomic mass is 10.0. The van der Waals surface area contributed by atoms with E-state index in [1.54, 1.807) is 18.4 Å². The van der Waals surface area contributed by atoms with Gasteiger partial charge in [0.2, 0.25) is 0 Å². The first-order chi connectivity index (χ1) is 9.60. The average molecular weight is 296 g/mol. The first-order valence-electron chi connectivity index (χ1n) is 7.12. The van der Waals surface area contributed by atoms with Crippen LogP contribution in [0.1, 0.15) is 43.5 Å². The number of nitrogens with two attached hydrogens (primary N) is 1. The summed E-state index contributed by atoms with van der Waals surface area (Å²) in [4.78, 5) is 11.2. The van der Waals surface area contributed by atoms with Crippen LogP contribution in [0, 0.1) is 5.92 Å². The van der Waals surface area contributed by atoms with Crippen LogP contribution in [0.2, 0.25) is 0 Å². The summed E-state index contributed by atoms with van der Waals surface area (Å²) < 4.78 is 5.26. The molecule has 5 nitrogen and oxygen atoms in total. The maximum atomic E-state index is 6.08. The Morgan fingerprint density at radius 2 is 2.50 bits per heavy atom. The van der Waals surface area contributed by atoms with Gasteiger partial charge in [-0.15, -0.1) is 11.3 Å². The Labute approximate surface area is 124 Å². The molecular weight excluding hydrogens is 272 g/mol. The molecule has 0 amide bonds. The van der Waals surface area contributed by atoms with Gasteiger partial charge in [-0.2, -0.15) is 0 Å². The van der Waals surface area contributed by atoms with Gasteiger partial charge in [-0.05, 0) is 25.7 Å². The zero-order chi connectivity index (χ0) is 14.5. The molecule has 0 bridgehead atoms. The molecule has 2 N–H and O–H groups in total. The number of likely N-dealkylation sites (tertiary alicyclic amines) is 1. The summed E-state index contributed by atoms with van der Waals surface area (Å²) in [7, 11) is 1.69. The van der Waals surface area contributed by atoms with Crippen LogP contribution < -0.4 is 5.73 Å². The Hall–Kier alpha value is -1.14. The lowest BCUT2D eigenvalue weighted by Gasteiger charge is -2.31. The summed E-state index contributed by atoms with van der Waals surface area (Å²) in [6, 6.07) is 0. The van der Waals surface area contributed by atoms with E-state index in [4.69, 9.17) is 10.5 Å². The third kappa shape index (κ3) is 3.93. The molecule has 0 radical (unpaired) electrons. The van der Waals surface area contributed by atoms with Gasteiger partial charge in [-0.25, -0.2) is 9.98 Å². The maximum absolute atomic E-state index is 6.08. The highest BCUT2D eigenvalue weighted by Crippen LogP contribution is 2.21. The fraction of sp³-hybridized carbons (Fsp3) is 0.714. The van der Waals surface area contributed by atoms with Gasteiger partial charge in [0.25, 0.3) is 0 Å². The minimum Gasteiger partial charge on any atom is -0.375 e. The van der Waals surface area contributed by atoms with Gasteiger partial charge < -0.3 is 15.4 Å². The number of nitrogens with zero attached hydrogens (tertiary/aromatic N) is 3. The van der Waals surface area contributed by atoms with Crippen molar-refractivity contribution in [2.45, 2.75) is 39.3 Å². The van der Waals surface area contributed by atoms with Gasteiger partial charge in [0, 0.05) is 25.6 Å². The predicted molar refractivity (Wildman–Crippen MR) is 82.8 cm³/mol. The van der Waals surface area contributed by atoms with E-state index in [0.717, 1.165) is 23.8 Å². The van der Waals surface area contributed by atoms with E-state index >= 15 is 0 Å². The lowest BCUT2D eigenvalue weighted by Crippen LogP contribution is -2.43. The normalized spacial score (nSPS) is 22.1. The average Bonchev–Trinajstić information content (AvgIpc) is 2.92. The number of piperidine rings is 1. The Kier molecular flexibility index (Phi) is 5.37. The van der Waals surface area contributed by atoms with Gasteiger partial charge >= 0.3 is 0 Å². The highest BCUT2D eigenvalue weighted by atomic mass is 32.1. The van der Waals surface area contributed by atoms with Gasteiger partial charge in [0.1, 0.15) is 11.1 Å². The van der Waals surface area contributed by atoms with Crippen LogP contribution in [0.5, 0.6) is 0 Å². The zero-order valence-corrected chi connectivity index (χ0v) is 13.3. The van der Waals surface area contributed by atoms with E-state index < -0.39 is 0 Å².